The predicted octanol–water partition coefficient (Wildman–Crippen LogP) is 6.56. The Labute approximate surface area is 335 Å². The van der Waals surface area contributed by atoms with Crippen LogP contribution in [0.1, 0.15) is 53.7 Å². The molecule has 6 aromatic rings. The Morgan fingerprint density at radius 2 is 1.72 bits per heavy atom. The first-order chi connectivity index (χ1) is 28.4. The van der Waals surface area contributed by atoms with Crippen LogP contribution >= 0.6 is 0 Å². The van der Waals surface area contributed by atoms with Gasteiger partial charge in [-0.3, -0.25) is 14.6 Å². The SMILES string of the molecule is C=C1CCC(N2Cc3cc(N4CC(OCCC#Cc5ccc(OC6CC(Oc7ccc(-c8ccc9c(c8)[nH]c8ccncc89)cn7)C6)cn5)C4)ccc3C2=O)C(=O)N1. The number of aromatic amines is 1. The van der Waals surface area contributed by atoms with E-state index in [-0.39, 0.29) is 30.1 Å². The Morgan fingerprint density at radius 3 is 2.55 bits per heavy atom. The van der Waals surface area contributed by atoms with E-state index in [0.29, 0.717) is 61.0 Å². The smallest absolute Gasteiger partial charge is 0.255 e. The molecule has 0 bridgehead atoms. The van der Waals surface area contributed by atoms with Crippen molar-refractivity contribution < 1.29 is 23.8 Å². The number of aromatic nitrogens is 4. The molecule has 290 valence electrons. The molecule has 0 radical (unpaired) electrons. The summed E-state index contributed by atoms with van der Waals surface area (Å²) in [6, 6.07) is 21.6. The Morgan fingerprint density at radius 1 is 0.845 bits per heavy atom. The van der Waals surface area contributed by atoms with Crippen molar-refractivity contribution in [3.63, 3.8) is 0 Å². The summed E-state index contributed by atoms with van der Waals surface area (Å²) in [6.07, 6.45) is 11.0. The minimum atomic E-state index is -0.454. The molecule has 3 aliphatic heterocycles. The maximum absolute atomic E-state index is 13.1. The molecule has 4 aliphatic rings. The number of carbonyl (C=O) groups excluding carboxylic acids is 2. The number of anilines is 1. The lowest BCUT2D eigenvalue weighted by molar-refractivity contribution is -0.126. The first-order valence-corrected chi connectivity index (χ1v) is 19.8. The number of nitrogens with zero attached hydrogens (tertiary/aromatic N) is 5. The normalized spacial score (nSPS) is 20.3. The maximum atomic E-state index is 13.1. The maximum Gasteiger partial charge on any atom is 0.255 e. The van der Waals surface area contributed by atoms with Gasteiger partial charge in [-0.2, -0.15) is 0 Å². The molecule has 2 aromatic carbocycles. The largest absolute Gasteiger partial charge is 0.489 e. The third kappa shape index (κ3) is 7.09. The number of piperidine rings is 1. The zero-order valence-corrected chi connectivity index (χ0v) is 31.8. The number of allylic oxidation sites excluding steroid dienone is 1. The molecule has 2 N–H and O–H groups in total. The van der Waals surface area contributed by atoms with Gasteiger partial charge in [-0.25, -0.2) is 9.97 Å². The van der Waals surface area contributed by atoms with E-state index >= 15 is 0 Å². The molecule has 12 heteroatoms. The lowest BCUT2D eigenvalue weighted by Crippen LogP contribution is -2.52. The molecular weight excluding hydrogens is 731 g/mol. The minimum Gasteiger partial charge on any atom is -0.489 e. The van der Waals surface area contributed by atoms with E-state index < -0.39 is 6.04 Å². The highest BCUT2D eigenvalue weighted by molar-refractivity contribution is 6.07. The van der Waals surface area contributed by atoms with Crippen LogP contribution in [0, 0.1) is 11.8 Å². The quantitative estimate of drug-likeness (QED) is 0.117. The van der Waals surface area contributed by atoms with Crippen molar-refractivity contribution in [3.8, 4) is 34.6 Å². The molecule has 2 amide bonds. The highest BCUT2D eigenvalue weighted by Crippen LogP contribution is 2.34. The van der Waals surface area contributed by atoms with Crippen molar-refractivity contribution in [2.45, 2.75) is 63.0 Å². The first kappa shape index (κ1) is 35.7. The van der Waals surface area contributed by atoms with Crippen LogP contribution in [0.3, 0.4) is 0 Å². The molecule has 3 fully saturated rings. The Hall–Kier alpha value is -6.71. The lowest BCUT2D eigenvalue weighted by Gasteiger charge is -2.40. The molecule has 12 nitrogen and oxygen atoms in total. The molecule has 10 rings (SSSR count). The topological polar surface area (TPSA) is 135 Å². The molecule has 1 unspecified atom stereocenters. The van der Waals surface area contributed by atoms with Gasteiger partial charge < -0.3 is 34.3 Å². The van der Waals surface area contributed by atoms with E-state index in [0.717, 1.165) is 70.1 Å². The van der Waals surface area contributed by atoms with E-state index in [9.17, 15) is 9.59 Å². The van der Waals surface area contributed by atoms with Crippen molar-refractivity contribution >= 4 is 39.3 Å². The number of benzene rings is 2. The van der Waals surface area contributed by atoms with Crippen molar-refractivity contribution in [2.75, 3.05) is 24.6 Å². The molecule has 2 saturated heterocycles. The number of amides is 2. The second kappa shape index (κ2) is 15.0. The predicted molar refractivity (Wildman–Crippen MR) is 219 cm³/mol. The van der Waals surface area contributed by atoms with Gasteiger partial charge in [0.1, 0.15) is 29.7 Å². The zero-order chi connectivity index (χ0) is 39.2. The summed E-state index contributed by atoms with van der Waals surface area (Å²) in [5, 5.41) is 5.07. The number of rotatable bonds is 10. The number of H-pyrrole nitrogens is 1. The molecule has 4 aromatic heterocycles. The van der Waals surface area contributed by atoms with Crippen LogP contribution in [-0.4, -0.2) is 80.7 Å². The van der Waals surface area contributed by atoms with Gasteiger partial charge in [-0.05, 0) is 78.4 Å². The Balaban J connectivity index is 0.628. The Kier molecular flexibility index (Phi) is 9.22. The molecule has 1 saturated carbocycles. The van der Waals surface area contributed by atoms with E-state index in [1.807, 2.05) is 54.9 Å². The summed E-state index contributed by atoms with van der Waals surface area (Å²) in [5.41, 5.74) is 8.35. The molecule has 1 atom stereocenters. The fourth-order valence-electron chi connectivity index (χ4n) is 8.16. The summed E-state index contributed by atoms with van der Waals surface area (Å²) in [4.78, 5) is 46.3. The van der Waals surface area contributed by atoms with Crippen molar-refractivity contribution in [1.82, 2.24) is 30.2 Å². The van der Waals surface area contributed by atoms with Crippen LogP contribution in [0.4, 0.5) is 5.69 Å². The van der Waals surface area contributed by atoms with E-state index in [2.05, 4.69) is 72.8 Å². The van der Waals surface area contributed by atoms with Gasteiger partial charge in [0.05, 0.1) is 18.9 Å². The molecule has 7 heterocycles. The van der Waals surface area contributed by atoms with Gasteiger partial charge in [-0.15, -0.1) is 0 Å². The average molecular weight is 772 g/mol. The number of pyridine rings is 3. The molecule has 58 heavy (non-hydrogen) atoms. The van der Waals surface area contributed by atoms with Gasteiger partial charge in [0.2, 0.25) is 11.8 Å². The number of nitrogens with one attached hydrogen (secondary N) is 2. The Bertz CT molecular complexity index is 2620. The molecule has 1 aliphatic carbocycles. The number of hydrogen-bond donors (Lipinski definition) is 2. The fraction of sp³-hybridized carbons (Fsp3) is 0.283. The van der Waals surface area contributed by atoms with Crippen LogP contribution in [0.15, 0.2) is 104 Å². The fourth-order valence-corrected chi connectivity index (χ4v) is 8.16. The number of hydrogen-bond acceptors (Lipinski definition) is 9. The van der Waals surface area contributed by atoms with Gasteiger partial charge in [0, 0.05) is 108 Å². The van der Waals surface area contributed by atoms with Crippen LogP contribution in [0.2, 0.25) is 0 Å². The van der Waals surface area contributed by atoms with E-state index in [1.54, 1.807) is 17.3 Å². The van der Waals surface area contributed by atoms with Crippen molar-refractivity contribution in [2.24, 2.45) is 0 Å². The zero-order valence-electron chi connectivity index (χ0n) is 31.8. The minimum absolute atomic E-state index is 0.0558. The summed E-state index contributed by atoms with van der Waals surface area (Å²) < 4.78 is 18.3. The van der Waals surface area contributed by atoms with Crippen LogP contribution in [0.5, 0.6) is 11.6 Å². The standard InChI is InChI=1S/C46H41N7O5/c1-28-5-13-43(45(54)50-28)53-25-31-18-33(9-12-38(31)46(53)55)52-26-37(27-52)56-17-3-2-4-32-8-10-34(23-48-32)57-35-20-36(21-35)58-44-14-7-30(22-49-44)29-6-11-39-40-24-47-16-15-41(40)51-42(39)19-29/h6-12,14-16,18-19,22-24,35-37,43,51H,1,3,5,13,17,20-21,25-27H2,(H,50,54). The number of carbonyl (C=O) groups is 2. The number of fused-ring (bicyclic) bond motifs is 4. The van der Waals surface area contributed by atoms with Crippen LogP contribution < -0.4 is 19.7 Å². The lowest BCUT2D eigenvalue weighted by atomic mass is 9.92. The van der Waals surface area contributed by atoms with Crippen LogP contribution in [0.25, 0.3) is 32.9 Å². The summed E-state index contributed by atoms with van der Waals surface area (Å²) >= 11 is 0. The monoisotopic (exact) mass is 771 g/mol. The van der Waals surface area contributed by atoms with E-state index in [1.165, 1.54) is 0 Å². The van der Waals surface area contributed by atoms with E-state index in [4.69, 9.17) is 14.2 Å². The first-order valence-electron chi connectivity index (χ1n) is 19.8. The van der Waals surface area contributed by atoms with Gasteiger partial charge >= 0.3 is 0 Å². The molecular formula is C46H41N7O5. The second-order valence-corrected chi connectivity index (χ2v) is 15.4. The average Bonchev–Trinajstić information content (AvgIpc) is 3.74. The van der Waals surface area contributed by atoms with Crippen molar-refractivity contribution in [1.29, 1.82) is 0 Å². The number of ether oxygens (including phenoxy) is 3. The van der Waals surface area contributed by atoms with Gasteiger partial charge in [0.25, 0.3) is 5.91 Å². The summed E-state index contributed by atoms with van der Waals surface area (Å²) in [7, 11) is 0. The molecule has 0 spiro atoms. The van der Waals surface area contributed by atoms with Gasteiger partial charge in [0.15, 0.2) is 0 Å². The second-order valence-electron chi connectivity index (χ2n) is 15.4. The third-order valence-electron chi connectivity index (χ3n) is 11.5. The van der Waals surface area contributed by atoms with Gasteiger partial charge in [-0.1, -0.05) is 24.6 Å². The summed E-state index contributed by atoms with van der Waals surface area (Å²) in [5.74, 6) is 7.38. The third-order valence-corrected chi connectivity index (χ3v) is 11.5. The highest BCUT2D eigenvalue weighted by atomic mass is 16.5. The summed E-state index contributed by atoms with van der Waals surface area (Å²) in [6.45, 7) is 6.39. The van der Waals surface area contributed by atoms with Crippen LogP contribution in [-0.2, 0) is 16.1 Å². The highest BCUT2D eigenvalue weighted by Gasteiger charge is 2.39. The van der Waals surface area contributed by atoms with Crippen molar-refractivity contribution in [3.05, 3.63) is 121 Å².